The van der Waals surface area contributed by atoms with Gasteiger partial charge in [-0.1, -0.05) is 17.8 Å². The van der Waals surface area contributed by atoms with Gasteiger partial charge in [0, 0.05) is 11.1 Å². The fourth-order valence-corrected chi connectivity index (χ4v) is 2.76. The van der Waals surface area contributed by atoms with Gasteiger partial charge in [0.25, 0.3) is 0 Å². The van der Waals surface area contributed by atoms with E-state index in [2.05, 4.69) is 20.2 Å². The van der Waals surface area contributed by atoms with Gasteiger partial charge in [-0.3, -0.25) is 0 Å². The highest BCUT2D eigenvalue weighted by Crippen LogP contribution is 2.28. The highest BCUT2D eigenvalue weighted by molar-refractivity contribution is 7.80. The van der Waals surface area contributed by atoms with Crippen molar-refractivity contribution in [1.29, 1.82) is 0 Å². The van der Waals surface area contributed by atoms with Gasteiger partial charge in [0.15, 0.2) is 5.11 Å². The van der Waals surface area contributed by atoms with Gasteiger partial charge in [-0.05, 0) is 37.1 Å². The average molecular weight is 312 g/mol. The second-order valence-electron chi connectivity index (χ2n) is 4.22. The van der Waals surface area contributed by atoms with Gasteiger partial charge in [-0.15, -0.1) is 5.10 Å². The molecular formula is C12H16N4O2S2. The largest absolute Gasteiger partial charge is 0.463 e. The molecule has 1 unspecified atom stereocenters. The van der Waals surface area contributed by atoms with E-state index in [1.54, 1.807) is 12.3 Å². The number of hydrogen-bond donors (Lipinski definition) is 2. The van der Waals surface area contributed by atoms with Crippen molar-refractivity contribution in [3.63, 3.8) is 0 Å². The molecule has 2 N–H and O–H groups in total. The topological polar surface area (TPSA) is 76.1 Å². The van der Waals surface area contributed by atoms with Gasteiger partial charge >= 0.3 is 5.97 Å². The normalized spacial score (nSPS) is 18.5. The number of thiocarbonyl (C=S) groups is 1. The maximum atomic E-state index is 12.2. The summed E-state index contributed by atoms with van der Waals surface area (Å²) in [6.45, 7) is 4.15. The Morgan fingerprint density at radius 3 is 2.95 bits per heavy atom. The molecule has 6 nitrogen and oxygen atoms in total. The second-order valence-corrected chi connectivity index (χ2v) is 5.24. The van der Waals surface area contributed by atoms with Crippen LogP contribution in [-0.2, 0) is 9.53 Å². The molecule has 0 radical (unpaired) electrons. The Balaban J connectivity index is 2.43. The molecule has 1 aliphatic heterocycles. The monoisotopic (exact) mass is 312 g/mol. The van der Waals surface area contributed by atoms with Crippen LogP contribution in [0.15, 0.2) is 16.7 Å². The van der Waals surface area contributed by atoms with E-state index < -0.39 is 6.04 Å². The van der Waals surface area contributed by atoms with Crippen LogP contribution < -0.4 is 10.6 Å². The predicted molar refractivity (Wildman–Crippen MR) is 80.1 cm³/mol. The standard InChI is InChI=1S/C12H16N4O2S2/c1-3-5-7-9(11(17)18-4-2)10(14-12(19)13-7)8-6-20-16-15-8/h6,10H,3-5H2,1-2H3,(H2,13,14,19). The molecule has 0 saturated heterocycles. The van der Waals surface area contributed by atoms with E-state index in [0.29, 0.717) is 23.0 Å². The van der Waals surface area contributed by atoms with Gasteiger partial charge in [0.2, 0.25) is 0 Å². The van der Waals surface area contributed by atoms with E-state index in [1.165, 1.54) is 11.5 Å². The minimum absolute atomic E-state index is 0.328. The van der Waals surface area contributed by atoms with Crippen LogP contribution in [0, 0.1) is 0 Å². The lowest BCUT2D eigenvalue weighted by Gasteiger charge is -2.29. The minimum Gasteiger partial charge on any atom is -0.463 e. The Labute approximate surface area is 126 Å². The zero-order chi connectivity index (χ0) is 14.5. The molecule has 0 aromatic carbocycles. The Morgan fingerprint density at radius 2 is 2.35 bits per heavy atom. The van der Waals surface area contributed by atoms with Gasteiger partial charge < -0.3 is 15.4 Å². The summed E-state index contributed by atoms with van der Waals surface area (Å²) in [4.78, 5) is 12.2. The highest BCUT2D eigenvalue weighted by Gasteiger charge is 2.33. The Kier molecular flexibility index (Phi) is 5.02. The van der Waals surface area contributed by atoms with E-state index in [1.807, 2.05) is 6.92 Å². The van der Waals surface area contributed by atoms with Crippen molar-refractivity contribution in [2.75, 3.05) is 6.61 Å². The number of hydrogen-bond acceptors (Lipinski definition) is 6. The van der Waals surface area contributed by atoms with Crippen LogP contribution in [0.1, 0.15) is 38.4 Å². The van der Waals surface area contributed by atoms with Crippen molar-refractivity contribution in [1.82, 2.24) is 20.2 Å². The van der Waals surface area contributed by atoms with E-state index in [9.17, 15) is 4.79 Å². The third kappa shape index (κ3) is 3.13. The van der Waals surface area contributed by atoms with Crippen molar-refractivity contribution in [2.24, 2.45) is 0 Å². The number of aromatic nitrogens is 2. The summed E-state index contributed by atoms with van der Waals surface area (Å²) in [6.07, 6.45) is 1.62. The average Bonchev–Trinajstić information content (AvgIpc) is 2.92. The van der Waals surface area contributed by atoms with Gasteiger partial charge in [0.05, 0.1) is 12.2 Å². The summed E-state index contributed by atoms with van der Waals surface area (Å²) in [5.41, 5.74) is 2.01. The molecule has 1 aliphatic rings. The minimum atomic E-state index is -0.400. The third-order valence-corrected chi connectivity index (χ3v) is 3.56. The SMILES string of the molecule is CCCC1=C(C(=O)OCC)C(c2csnn2)NC(=S)N1. The molecule has 0 amide bonds. The predicted octanol–water partition coefficient (Wildman–Crippen LogP) is 1.67. The first-order valence-corrected chi connectivity index (χ1v) is 7.66. The quantitative estimate of drug-likeness (QED) is 0.632. The number of rotatable bonds is 5. The van der Waals surface area contributed by atoms with Gasteiger partial charge in [0.1, 0.15) is 11.7 Å². The summed E-state index contributed by atoms with van der Waals surface area (Å²) in [5.74, 6) is -0.351. The first-order chi connectivity index (χ1) is 9.67. The van der Waals surface area contributed by atoms with E-state index in [-0.39, 0.29) is 5.97 Å². The fraction of sp³-hybridized carbons (Fsp3) is 0.500. The summed E-state index contributed by atoms with van der Waals surface area (Å²) in [6, 6.07) is -0.400. The Hall–Kier alpha value is -1.54. The maximum Gasteiger partial charge on any atom is 0.338 e. The maximum absolute atomic E-state index is 12.2. The van der Waals surface area contributed by atoms with Crippen LogP contribution in [0.2, 0.25) is 0 Å². The van der Waals surface area contributed by atoms with Crippen molar-refractivity contribution < 1.29 is 9.53 Å². The molecule has 1 aromatic heterocycles. The molecule has 8 heteroatoms. The van der Waals surface area contributed by atoms with Crippen LogP contribution in [-0.4, -0.2) is 27.3 Å². The number of nitrogens with zero attached hydrogens (tertiary/aromatic N) is 2. The molecule has 1 atom stereocenters. The van der Waals surface area contributed by atoms with Crippen LogP contribution in [0.3, 0.4) is 0 Å². The zero-order valence-electron chi connectivity index (χ0n) is 11.3. The number of carbonyl (C=O) groups is 1. The molecule has 20 heavy (non-hydrogen) atoms. The zero-order valence-corrected chi connectivity index (χ0v) is 12.9. The molecule has 0 bridgehead atoms. The molecule has 0 spiro atoms. The van der Waals surface area contributed by atoms with E-state index in [0.717, 1.165) is 18.5 Å². The molecule has 1 aromatic rings. The van der Waals surface area contributed by atoms with E-state index in [4.69, 9.17) is 17.0 Å². The molecule has 108 valence electrons. The van der Waals surface area contributed by atoms with Crippen molar-refractivity contribution in [3.8, 4) is 0 Å². The van der Waals surface area contributed by atoms with Crippen molar-refractivity contribution >= 4 is 34.8 Å². The third-order valence-electron chi connectivity index (χ3n) is 2.82. The summed E-state index contributed by atoms with van der Waals surface area (Å²) in [7, 11) is 0. The lowest BCUT2D eigenvalue weighted by atomic mass is 9.98. The molecule has 2 heterocycles. The van der Waals surface area contributed by atoms with E-state index >= 15 is 0 Å². The molecule has 0 fully saturated rings. The summed E-state index contributed by atoms with van der Waals surface area (Å²) >= 11 is 6.44. The van der Waals surface area contributed by atoms with Crippen LogP contribution >= 0.6 is 23.8 Å². The number of carbonyl (C=O) groups excluding carboxylic acids is 1. The van der Waals surface area contributed by atoms with Gasteiger partial charge in [-0.25, -0.2) is 4.79 Å². The number of allylic oxidation sites excluding steroid dienone is 1. The Morgan fingerprint density at radius 1 is 1.55 bits per heavy atom. The van der Waals surface area contributed by atoms with Crippen molar-refractivity contribution in [2.45, 2.75) is 32.7 Å². The lowest BCUT2D eigenvalue weighted by Crippen LogP contribution is -2.46. The highest BCUT2D eigenvalue weighted by atomic mass is 32.1. The fourth-order valence-electron chi connectivity index (χ4n) is 2.03. The second kappa shape index (κ2) is 6.76. The summed E-state index contributed by atoms with van der Waals surface area (Å²) in [5, 5.41) is 12.4. The first-order valence-electron chi connectivity index (χ1n) is 6.42. The smallest absolute Gasteiger partial charge is 0.338 e. The molecular weight excluding hydrogens is 296 g/mol. The first kappa shape index (κ1) is 14.9. The molecule has 0 saturated carbocycles. The molecule has 0 aliphatic carbocycles. The number of ether oxygens (including phenoxy) is 1. The van der Waals surface area contributed by atoms with Crippen LogP contribution in [0.5, 0.6) is 0 Å². The van der Waals surface area contributed by atoms with Gasteiger partial charge in [-0.2, -0.15) is 0 Å². The summed E-state index contributed by atoms with van der Waals surface area (Å²) < 4.78 is 9.00. The lowest BCUT2D eigenvalue weighted by molar-refractivity contribution is -0.139. The van der Waals surface area contributed by atoms with Crippen LogP contribution in [0.25, 0.3) is 0 Å². The Bertz CT molecular complexity index is 528. The number of esters is 1. The number of nitrogens with one attached hydrogen (secondary N) is 2. The molecule has 2 rings (SSSR count). The van der Waals surface area contributed by atoms with Crippen LogP contribution in [0.4, 0.5) is 0 Å². The van der Waals surface area contributed by atoms with Crippen molar-refractivity contribution in [3.05, 3.63) is 22.3 Å².